The highest BCUT2D eigenvalue weighted by molar-refractivity contribution is 5.97. The standard InChI is InChI=1S/C19H24N2O2/c22-19-16-6-2-4-14-3-1-5-15(18(14)16)11-20(19)17-12-21(23)9-7-13(17)8-10-21/h2,4,6,13,15,17H,1,3,5,7-12H2/t13?,15-,17-,21?/m0/s1. The molecule has 4 heterocycles. The zero-order valence-corrected chi connectivity index (χ0v) is 13.5. The maximum absolute atomic E-state index is 13.2. The number of hydrogen-bond donors (Lipinski definition) is 0. The van der Waals surface area contributed by atoms with Crippen LogP contribution in [0.2, 0.25) is 0 Å². The van der Waals surface area contributed by atoms with Crippen molar-refractivity contribution in [1.29, 1.82) is 0 Å². The highest BCUT2D eigenvalue weighted by Gasteiger charge is 2.47. The molecule has 2 bridgehead atoms. The molecule has 5 aliphatic rings. The van der Waals surface area contributed by atoms with Crippen LogP contribution in [0.15, 0.2) is 18.2 Å². The lowest BCUT2D eigenvalue weighted by molar-refractivity contribution is -0.899. The molecule has 1 aromatic carbocycles. The second-order valence-corrected chi connectivity index (χ2v) is 8.02. The van der Waals surface area contributed by atoms with E-state index in [0.717, 1.165) is 44.5 Å². The fraction of sp³-hybridized carbons (Fsp3) is 0.632. The Labute approximate surface area is 137 Å². The zero-order valence-electron chi connectivity index (χ0n) is 13.5. The maximum Gasteiger partial charge on any atom is 0.254 e. The predicted octanol–water partition coefficient (Wildman–Crippen LogP) is 2.67. The molecule has 4 heteroatoms. The molecule has 0 radical (unpaired) electrons. The minimum absolute atomic E-state index is 0.0670. The Balaban J connectivity index is 1.53. The molecule has 23 heavy (non-hydrogen) atoms. The molecule has 0 unspecified atom stereocenters. The van der Waals surface area contributed by atoms with Gasteiger partial charge in [0.15, 0.2) is 0 Å². The van der Waals surface area contributed by atoms with Gasteiger partial charge in [0.1, 0.15) is 0 Å². The quantitative estimate of drug-likeness (QED) is 0.591. The number of rotatable bonds is 1. The summed E-state index contributed by atoms with van der Waals surface area (Å²) in [5.74, 6) is 1.22. The number of fused-ring (bicyclic) bond motifs is 3. The van der Waals surface area contributed by atoms with Gasteiger partial charge in [-0.3, -0.25) is 4.79 Å². The highest BCUT2D eigenvalue weighted by Crippen LogP contribution is 2.42. The average molecular weight is 312 g/mol. The Bertz CT molecular complexity index is 663. The molecule has 0 saturated carbocycles. The summed E-state index contributed by atoms with van der Waals surface area (Å²) in [7, 11) is 0. The molecule has 4 nitrogen and oxygen atoms in total. The van der Waals surface area contributed by atoms with Crippen LogP contribution in [0, 0.1) is 11.1 Å². The SMILES string of the molecule is O=C1c2cccc3c2[C@@H](CCC3)CN1[C@H]1C[N+]2([O-])CCC1CC2. The number of quaternary nitrogens is 1. The molecule has 4 aliphatic heterocycles. The Hall–Kier alpha value is -1.39. The number of benzene rings is 1. The van der Waals surface area contributed by atoms with Crippen molar-refractivity contribution in [2.75, 3.05) is 26.2 Å². The van der Waals surface area contributed by atoms with E-state index in [-0.39, 0.29) is 16.6 Å². The number of carbonyl (C=O) groups is 1. The summed E-state index contributed by atoms with van der Waals surface area (Å²) in [5, 5.41) is 12.7. The van der Waals surface area contributed by atoms with Crippen LogP contribution >= 0.6 is 0 Å². The van der Waals surface area contributed by atoms with Crippen molar-refractivity contribution in [1.82, 2.24) is 4.90 Å². The monoisotopic (exact) mass is 312 g/mol. The van der Waals surface area contributed by atoms with E-state index in [1.165, 1.54) is 24.0 Å². The van der Waals surface area contributed by atoms with Gasteiger partial charge in [0.05, 0.1) is 25.7 Å². The lowest BCUT2D eigenvalue weighted by Crippen LogP contribution is -2.66. The molecule has 6 rings (SSSR count). The van der Waals surface area contributed by atoms with Crippen LogP contribution in [0.3, 0.4) is 0 Å². The van der Waals surface area contributed by atoms with Gasteiger partial charge >= 0.3 is 0 Å². The number of aryl methyl sites for hydroxylation is 1. The molecule has 0 spiro atoms. The molecular weight excluding hydrogens is 288 g/mol. The Morgan fingerprint density at radius 2 is 2.00 bits per heavy atom. The summed E-state index contributed by atoms with van der Waals surface area (Å²) in [6.45, 7) is 2.98. The summed E-state index contributed by atoms with van der Waals surface area (Å²) >= 11 is 0. The Kier molecular flexibility index (Phi) is 2.92. The maximum atomic E-state index is 13.2. The number of amides is 1. The van der Waals surface area contributed by atoms with Crippen molar-refractivity contribution in [3.8, 4) is 0 Å². The van der Waals surface area contributed by atoms with Crippen LogP contribution in [-0.4, -0.2) is 47.7 Å². The second kappa shape index (κ2) is 4.81. The number of nitrogens with zero attached hydrogens (tertiary/aromatic N) is 2. The van der Waals surface area contributed by atoms with Gasteiger partial charge < -0.3 is 14.8 Å². The van der Waals surface area contributed by atoms with Crippen molar-refractivity contribution in [3.05, 3.63) is 40.1 Å². The lowest BCUT2D eigenvalue weighted by Gasteiger charge is -2.58. The fourth-order valence-corrected chi connectivity index (χ4v) is 5.60. The van der Waals surface area contributed by atoms with Gasteiger partial charge in [-0.1, -0.05) is 12.1 Å². The second-order valence-electron chi connectivity index (χ2n) is 8.02. The van der Waals surface area contributed by atoms with Gasteiger partial charge in [0.2, 0.25) is 0 Å². The molecule has 3 saturated heterocycles. The summed E-state index contributed by atoms with van der Waals surface area (Å²) < 4.78 is -0.0670. The van der Waals surface area contributed by atoms with Gasteiger partial charge in [0.25, 0.3) is 5.91 Å². The van der Waals surface area contributed by atoms with Crippen molar-refractivity contribution >= 4 is 5.91 Å². The number of piperidine rings is 3. The normalized spacial score (nSPS) is 38.6. The van der Waals surface area contributed by atoms with Crippen LogP contribution in [0.25, 0.3) is 0 Å². The van der Waals surface area contributed by atoms with Gasteiger partial charge in [-0.05, 0) is 42.4 Å². The topological polar surface area (TPSA) is 43.4 Å². The number of carbonyl (C=O) groups excluding carboxylic acids is 1. The zero-order chi connectivity index (χ0) is 15.6. The van der Waals surface area contributed by atoms with E-state index in [1.54, 1.807) is 0 Å². The van der Waals surface area contributed by atoms with E-state index in [1.807, 2.05) is 12.1 Å². The first kappa shape index (κ1) is 14.0. The van der Waals surface area contributed by atoms with Crippen LogP contribution in [-0.2, 0) is 6.42 Å². The minimum atomic E-state index is -0.0670. The van der Waals surface area contributed by atoms with E-state index in [0.29, 0.717) is 18.4 Å². The molecule has 0 N–H and O–H groups in total. The van der Waals surface area contributed by atoms with Gasteiger partial charge in [-0.25, -0.2) is 0 Å². The molecule has 1 aromatic rings. The number of hydroxylamine groups is 3. The van der Waals surface area contributed by atoms with Crippen molar-refractivity contribution < 1.29 is 9.44 Å². The third-order valence-electron chi connectivity index (χ3n) is 6.79. The summed E-state index contributed by atoms with van der Waals surface area (Å²) in [5.41, 5.74) is 3.63. The van der Waals surface area contributed by atoms with E-state index in [4.69, 9.17) is 0 Å². The van der Waals surface area contributed by atoms with Crippen LogP contribution < -0.4 is 0 Å². The molecule has 0 aromatic heterocycles. The molecule has 1 amide bonds. The Morgan fingerprint density at radius 3 is 2.78 bits per heavy atom. The van der Waals surface area contributed by atoms with Gasteiger partial charge in [0, 0.05) is 30.9 Å². The van der Waals surface area contributed by atoms with Gasteiger partial charge in [-0.2, -0.15) is 0 Å². The van der Waals surface area contributed by atoms with Crippen LogP contribution in [0.5, 0.6) is 0 Å². The van der Waals surface area contributed by atoms with Crippen molar-refractivity contribution in [2.45, 2.75) is 44.1 Å². The fourth-order valence-electron chi connectivity index (χ4n) is 5.60. The molecule has 3 fully saturated rings. The molecule has 2 atom stereocenters. The third-order valence-corrected chi connectivity index (χ3v) is 6.79. The minimum Gasteiger partial charge on any atom is -0.633 e. The molecular formula is C19H24N2O2. The number of hydrogen-bond acceptors (Lipinski definition) is 2. The highest BCUT2D eigenvalue weighted by atomic mass is 16.5. The first-order chi connectivity index (χ1) is 11.1. The van der Waals surface area contributed by atoms with Crippen molar-refractivity contribution in [3.63, 3.8) is 0 Å². The smallest absolute Gasteiger partial charge is 0.254 e. The van der Waals surface area contributed by atoms with Gasteiger partial charge in [-0.15, -0.1) is 0 Å². The first-order valence-electron chi connectivity index (χ1n) is 9.14. The van der Waals surface area contributed by atoms with Crippen LogP contribution in [0.1, 0.15) is 53.1 Å². The predicted molar refractivity (Wildman–Crippen MR) is 87.9 cm³/mol. The summed E-state index contributed by atoms with van der Waals surface area (Å²) in [4.78, 5) is 15.2. The third kappa shape index (κ3) is 2.01. The summed E-state index contributed by atoms with van der Waals surface area (Å²) in [6, 6.07) is 6.41. The Morgan fingerprint density at radius 1 is 1.17 bits per heavy atom. The van der Waals surface area contributed by atoms with E-state index in [9.17, 15) is 10.0 Å². The lowest BCUT2D eigenvalue weighted by atomic mass is 9.75. The first-order valence-corrected chi connectivity index (χ1v) is 9.14. The van der Waals surface area contributed by atoms with Crippen LogP contribution in [0.4, 0.5) is 0 Å². The molecule has 122 valence electrons. The van der Waals surface area contributed by atoms with E-state index >= 15 is 0 Å². The average Bonchev–Trinajstić information content (AvgIpc) is 2.58. The molecule has 1 aliphatic carbocycles. The van der Waals surface area contributed by atoms with E-state index in [2.05, 4.69) is 11.0 Å². The summed E-state index contributed by atoms with van der Waals surface area (Å²) in [6.07, 6.45) is 5.51. The van der Waals surface area contributed by atoms with Crippen molar-refractivity contribution in [2.24, 2.45) is 5.92 Å². The largest absolute Gasteiger partial charge is 0.633 e. The van der Waals surface area contributed by atoms with E-state index < -0.39 is 0 Å².